The smallest absolute Gasteiger partial charge is 0.243 e. The van der Waals surface area contributed by atoms with E-state index >= 15 is 0 Å². The van der Waals surface area contributed by atoms with Gasteiger partial charge < -0.3 is 15.2 Å². The molecule has 0 saturated carbocycles. The van der Waals surface area contributed by atoms with Crippen molar-refractivity contribution >= 4 is 16.0 Å². The molecule has 1 aliphatic heterocycles. The van der Waals surface area contributed by atoms with Gasteiger partial charge in [0.25, 0.3) is 0 Å². The van der Waals surface area contributed by atoms with Gasteiger partial charge in [-0.1, -0.05) is 12.1 Å². The molecule has 0 spiro atoms. The molecule has 8 heteroatoms. The standard InChI is InChI=1S/C19H27N5O2S/c1-20-19(21-10-15-23-11-2-3-12-23)22-16-17-6-8-18(9-7-17)27(25,26)24-13-4-5-14-24/h2-3,6-9,11-12H,4-5,10,13-16H2,1H3,(H2,20,21,22). The second kappa shape index (κ2) is 9.05. The third-order valence-corrected chi connectivity index (χ3v) is 6.55. The van der Waals surface area contributed by atoms with E-state index in [0.29, 0.717) is 24.5 Å². The van der Waals surface area contributed by atoms with E-state index < -0.39 is 10.0 Å². The highest BCUT2D eigenvalue weighted by Gasteiger charge is 2.26. The minimum atomic E-state index is -3.35. The molecule has 0 atom stereocenters. The van der Waals surface area contributed by atoms with Gasteiger partial charge in [0.1, 0.15) is 0 Å². The topological polar surface area (TPSA) is 78.7 Å². The van der Waals surface area contributed by atoms with E-state index in [9.17, 15) is 8.42 Å². The number of hydrogen-bond acceptors (Lipinski definition) is 3. The fourth-order valence-electron chi connectivity index (χ4n) is 3.09. The quantitative estimate of drug-likeness (QED) is 0.557. The van der Waals surface area contributed by atoms with Crippen molar-refractivity contribution in [3.05, 3.63) is 54.4 Å². The number of hydrogen-bond donors (Lipinski definition) is 2. The number of rotatable bonds is 7. The molecule has 2 N–H and O–H groups in total. The molecule has 1 fully saturated rings. The van der Waals surface area contributed by atoms with Crippen LogP contribution in [-0.4, -0.2) is 49.9 Å². The highest BCUT2D eigenvalue weighted by atomic mass is 32.2. The summed E-state index contributed by atoms with van der Waals surface area (Å²) >= 11 is 0. The number of nitrogens with one attached hydrogen (secondary N) is 2. The molecular formula is C19H27N5O2S. The zero-order valence-electron chi connectivity index (χ0n) is 15.6. The molecule has 3 rings (SSSR count). The number of benzene rings is 1. The summed E-state index contributed by atoms with van der Waals surface area (Å²) in [7, 11) is -1.62. The van der Waals surface area contributed by atoms with Gasteiger partial charge in [-0.25, -0.2) is 8.42 Å². The maximum atomic E-state index is 12.6. The number of aromatic nitrogens is 1. The first-order valence-corrected chi connectivity index (χ1v) is 10.7. The van der Waals surface area contributed by atoms with Crippen LogP contribution in [0.1, 0.15) is 18.4 Å². The zero-order valence-corrected chi connectivity index (χ0v) is 16.5. The number of nitrogens with zero attached hydrogens (tertiary/aromatic N) is 3. The summed E-state index contributed by atoms with van der Waals surface area (Å²) < 4.78 is 28.8. The Balaban J connectivity index is 1.50. The van der Waals surface area contributed by atoms with Gasteiger partial charge >= 0.3 is 0 Å². The van der Waals surface area contributed by atoms with Gasteiger partial charge in [-0.05, 0) is 42.7 Å². The largest absolute Gasteiger partial charge is 0.355 e. The average Bonchev–Trinajstić information content (AvgIpc) is 3.39. The SMILES string of the molecule is CN=C(NCCn1cccc1)NCc1ccc(S(=O)(=O)N2CCCC2)cc1. The predicted molar refractivity (Wildman–Crippen MR) is 107 cm³/mol. The summed E-state index contributed by atoms with van der Waals surface area (Å²) in [5, 5.41) is 6.52. The van der Waals surface area contributed by atoms with Crippen molar-refractivity contribution in [1.29, 1.82) is 0 Å². The molecule has 0 bridgehead atoms. The summed E-state index contributed by atoms with van der Waals surface area (Å²) in [6, 6.07) is 11.1. The molecule has 2 heterocycles. The lowest BCUT2D eigenvalue weighted by Gasteiger charge is -2.16. The van der Waals surface area contributed by atoms with Crippen LogP contribution in [0.4, 0.5) is 0 Å². The Hall–Kier alpha value is -2.32. The van der Waals surface area contributed by atoms with Gasteiger partial charge in [0.15, 0.2) is 5.96 Å². The van der Waals surface area contributed by atoms with Crippen LogP contribution in [0.5, 0.6) is 0 Å². The van der Waals surface area contributed by atoms with E-state index in [4.69, 9.17) is 0 Å². The number of guanidine groups is 1. The first kappa shape index (κ1) is 19.4. The predicted octanol–water partition coefficient (Wildman–Crippen LogP) is 1.64. The number of sulfonamides is 1. The molecule has 1 aliphatic rings. The van der Waals surface area contributed by atoms with E-state index in [1.165, 1.54) is 0 Å². The average molecular weight is 390 g/mol. The normalized spacial score (nSPS) is 15.8. The highest BCUT2D eigenvalue weighted by molar-refractivity contribution is 7.89. The zero-order chi connectivity index (χ0) is 19.1. The third kappa shape index (κ3) is 5.11. The fourth-order valence-corrected chi connectivity index (χ4v) is 4.60. The van der Waals surface area contributed by atoms with Gasteiger partial charge in [-0.3, -0.25) is 4.99 Å². The summed E-state index contributed by atoms with van der Waals surface area (Å²) in [5.74, 6) is 0.718. The van der Waals surface area contributed by atoms with Crippen LogP contribution in [0.3, 0.4) is 0 Å². The summed E-state index contributed by atoms with van der Waals surface area (Å²) in [5.41, 5.74) is 1.00. The Kier molecular flexibility index (Phi) is 6.52. The summed E-state index contributed by atoms with van der Waals surface area (Å²) in [4.78, 5) is 4.58. The van der Waals surface area contributed by atoms with Gasteiger partial charge in [0.05, 0.1) is 4.90 Å². The van der Waals surface area contributed by atoms with Crippen molar-refractivity contribution in [1.82, 2.24) is 19.5 Å². The lowest BCUT2D eigenvalue weighted by molar-refractivity contribution is 0.477. The second-order valence-electron chi connectivity index (χ2n) is 6.53. The van der Waals surface area contributed by atoms with E-state index in [1.54, 1.807) is 23.5 Å². The van der Waals surface area contributed by atoms with Crippen molar-refractivity contribution in [3.8, 4) is 0 Å². The van der Waals surface area contributed by atoms with E-state index in [2.05, 4.69) is 20.2 Å². The molecule has 7 nitrogen and oxygen atoms in total. The van der Waals surface area contributed by atoms with Crippen LogP contribution in [0, 0.1) is 0 Å². The maximum absolute atomic E-state index is 12.6. The van der Waals surface area contributed by atoms with Gasteiger partial charge in [-0.2, -0.15) is 4.31 Å². The summed E-state index contributed by atoms with van der Waals surface area (Å²) in [6.45, 7) is 3.44. The molecule has 0 aliphatic carbocycles. The van der Waals surface area contributed by atoms with Crippen LogP contribution in [0.2, 0.25) is 0 Å². The first-order valence-electron chi connectivity index (χ1n) is 9.24. The summed E-state index contributed by atoms with van der Waals surface area (Å²) in [6.07, 6.45) is 5.93. The molecule has 1 aromatic carbocycles. The fraction of sp³-hybridized carbons (Fsp3) is 0.421. The Morgan fingerprint density at radius 2 is 1.74 bits per heavy atom. The van der Waals surface area contributed by atoms with E-state index in [1.807, 2.05) is 36.7 Å². The third-order valence-electron chi connectivity index (χ3n) is 4.64. The molecule has 0 amide bonds. The van der Waals surface area contributed by atoms with Crippen LogP contribution >= 0.6 is 0 Å². The van der Waals surface area contributed by atoms with E-state index in [-0.39, 0.29) is 0 Å². The molecule has 0 unspecified atom stereocenters. The van der Waals surface area contributed by atoms with Crippen molar-refractivity contribution in [2.75, 3.05) is 26.7 Å². The van der Waals surface area contributed by atoms with Crippen molar-refractivity contribution in [3.63, 3.8) is 0 Å². The molecule has 1 aromatic heterocycles. The van der Waals surface area contributed by atoms with Crippen molar-refractivity contribution in [2.24, 2.45) is 4.99 Å². The minimum absolute atomic E-state index is 0.363. The van der Waals surface area contributed by atoms with Crippen molar-refractivity contribution in [2.45, 2.75) is 30.8 Å². The Morgan fingerprint density at radius 3 is 2.37 bits per heavy atom. The minimum Gasteiger partial charge on any atom is -0.355 e. The Bertz CT molecular complexity index is 839. The molecule has 1 saturated heterocycles. The lowest BCUT2D eigenvalue weighted by Crippen LogP contribution is -2.38. The number of aliphatic imine (C=N–C) groups is 1. The molecule has 2 aromatic rings. The lowest BCUT2D eigenvalue weighted by atomic mass is 10.2. The van der Waals surface area contributed by atoms with Gasteiger partial charge in [0, 0.05) is 52.2 Å². The second-order valence-corrected chi connectivity index (χ2v) is 8.47. The van der Waals surface area contributed by atoms with Crippen molar-refractivity contribution < 1.29 is 8.42 Å². The monoisotopic (exact) mass is 389 g/mol. The van der Waals surface area contributed by atoms with Crippen LogP contribution < -0.4 is 10.6 Å². The maximum Gasteiger partial charge on any atom is 0.243 e. The molecular weight excluding hydrogens is 362 g/mol. The molecule has 27 heavy (non-hydrogen) atoms. The van der Waals surface area contributed by atoms with Gasteiger partial charge in [-0.15, -0.1) is 0 Å². The molecule has 146 valence electrons. The Labute approximate surface area is 161 Å². The molecule has 0 radical (unpaired) electrons. The van der Waals surface area contributed by atoms with Crippen LogP contribution in [0.25, 0.3) is 0 Å². The first-order chi connectivity index (χ1) is 13.1. The van der Waals surface area contributed by atoms with Gasteiger partial charge in [0.2, 0.25) is 10.0 Å². The van der Waals surface area contributed by atoms with Crippen LogP contribution in [-0.2, 0) is 23.1 Å². The highest BCUT2D eigenvalue weighted by Crippen LogP contribution is 2.21. The Morgan fingerprint density at radius 1 is 1.07 bits per heavy atom. The van der Waals surface area contributed by atoms with E-state index in [0.717, 1.165) is 37.5 Å². The van der Waals surface area contributed by atoms with Crippen LogP contribution in [0.15, 0.2) is 58.7 Å².